The van der Waals surface area contributed by atoms with Gasteiger partial charge in [0.2, 0.25) is 0 Å². The van der Waals surface area contributed by atoms with Gasteiger partial charge in [-0.05, 0) is 44.5 Å². The van der Waals surface area contributed by atoms with Crippen molar-refractivity contribution in [3.05, 3.63) is 35.6 Å². The number of likely N-dealkylation sites (N-methyl/N-ethyl adjacent to an activating group) is 1. The molecule has 1 aliphatic heterocycles. The molecule has 1 aromatic carbocycles. The molecule has 1 fully saturated rings. The SMILES string of the molecule is CNC(c1ccc(F)cc1)C1CCC(C)O1. The second-order valence-corrected chi connectivity index (χ2v) is 4.38. The van der Waals surface area contributed by atoms with Crippen LogP contribution < -0.4 is 5.32 Å². The summed E-state index contributed by atoms with van der Waals surface area (Å²) >= 11 is 0. The first kappa shape index (κ1) is 11.6. The average Bonchev–Trinajstić information content (AvgIpc) is 2.69. The van der Waals surface area contributed by atoms with Crippen molar-refractivity contribution in [1.29, 1.82) is 0 Å². The Kier molecular flexibility index (Phi) is 3.56. The molecular formula is C13H18FNO. The van der Waals surface area contributed by atoms with Crippen LogP contribution in [0.5, 0.6) is 0 Å². The lowest BCUT2D eigenvalue weighted by molar-refractivity contribution is 0.0333. The van der Waals surface area contributed by atoms with Gasteiger partial charge in [-0.2, -0.15) is 0 Å². The second-order valence-electron chi connectivity index (χ2n) is 4.38. The van der Waals surface area contributed by atoms with Crippen LogP contribution >= 0.6 is 0 Å². The normalized spacial score (nSPS) is 26.9. The van der Waals surface area contributed by atoms with E-state index in [1.54, 1.807) is 0 Å². The van der Waals surface area contributed by atoms with E-state index in [0.29, 0.717) is 6.10 Å². The minimum Gasteiger partial charge on any atom is -0.373 e. The van der Waals surface area contributed by atoms with Crippen molar-refractivity contribution < 1.29 is 9.13 Å². The van der Waals surface area contributed by atoms with E-state index in [1.165, 1.54) is 12.1 Å². The lowest BCUT2D eigenvalue weighted by Crippen LogP contribution is -2.29. The topological polar surface area (TPSA) is 21.3 Å². The number of hydrogen-bond acceptors (Lipinski definition) is 2. The fourth-order valence-corrected chi connectivity index (χ4v) is 2.32. The Balaban J connectivity index is 2.13. The fourth-order valence-electron chi connectivity index (χ4n) is 2.32. The van der Waals surface area contributed by atoms with Crippen LogP contribution in [0.2, 0.25) is 0 Å². The van der Waals surface area contributed by atoms with E-state index >= 15 is 0 Å². The molecule has 3 unspecified atom stereocenters. The first-order valence-corrected chi connectivity index (χ1v) is 5.79. The quantitative estimate of drug-likeness (QED) is 0.850. The molecule has 1 N–H and O–H groups in total. The molecule has 2 nitrogen and oxygen atoms in total. The zero-order valence-corrected chi connectivity index (χ0v) is 9.74. The largest absolute Gasteiger partial charge is 0.373 e. The summed E-state index contributed by atoms with van der Waals surface area (Å²) in [5, 5.41) is 3.25. The molecule has 88 valence electrons. The first-order chi connectivity index (χ1) is 7.70. The molecule has 0 spiro atoms. The number of rotatable bonds is 3. The summed E-state index contributed by atoms with van der Waals surface area (Å²) in [6, 6.07) is 6.80. The van der Waals surface area contributed by atoms with E-state index in [4.69, 9.17) is 4.74 Å². The van der Waals surface area contributed by atoms with Crippen molar-refractivity contribution in [2.24, 2.45) is 0 Å². The number of nitrogens with one attached hydrogen (secondary N) is 1. The zero-order valence-electron chi connectivity index (χ0n) is 9.74. The molecule has 3 heteroatoms. The van der Waals surface area contributed by atoms with Gasteiger partial charge in [-0.15, -0.1) is 0 Å². The van der Waals surface area contributed by atoms with Crippen molar-refractivity contribution in [3.8, 4) is 0 Å². The number of ether oxygens (including phenoxy) is 1. The van der Waals surface area contributed by atoms with Crippen molar-refractivity contribution in [2.75, 3.05) is 7.05 Å². The van der Waals surface area contributed by atoms with Gasteiger partial charge in [0.05, 0.1) is 18.2 Å². The molecule has 1 heterocycles. The van der Waals surface area contributed by atoms with Crippen molar-refractivity contribution in [2.45, 2.75) is 38.0 Å². The Morgan fingerprint density at radius 1 is 1.31 bits per heavy atom. The van der Waals surface area contributed by atoms with Crippen molar-refractivity contribution >= 4 is 0 Å². The van der Waals surface area contributed by atoms with Gasteiger partial charge in [0.15, 0.2) is 0 Å². The maximum atomic E-state index is 12.8. The lowest BCUT2D eigenvalue weighted by Gasteiger charge is -2.23. The van der Waals surface area contributed by atoms with Gasteiger partial charge in [-0.25, -0.2) is 4.39 Å². The zero-order chi connectivity index (χ0) is 11.5. The Morgan fingerprint density at radius 2 is 2.00 bits per heavy atom. The van der Waals surface area contributed by atoms with Crippen LogP contribution in [-0.2, 0) is 4.74 Å². The summed E-state index contributed by atoms with van der Waals surface area (Å²) in [6.45, 7) is 2.09. The van der Waals surface area contributed by atoms with Gasteiger partial charge in [-0.1, -0.05) is 12.1 Å². The van der Waals surface area contributed by atoms with Gasteiger partial charge in [-0.3, -0.25) is 0 Å². The fraction of sp³-hybridized carbons (Fsp3) is 0.538. The van der Waals surface area contributed by atoms with Gasteiger partial charge in [0, 0.05) is 0 Å². The van der Waals surface area contributed by atoms with E-state index in [0.717, 1.165) is 18.4 Å². The molecule has 0 radical (unpaired) electrons. The van der Waals surface area contributed by atoms with Crippen molar-refractivity contribution in [3.63, 3.8) is 0 Å². The highest BCUT2D eigenvalue weighted by molar-refractivity contribution is 5.21. The number of hydrogen-bond donors (Lipinski definition) is 1. The predicted octanol–water partition coefficient (Wildman–Crippen LogP) is 2.65. The van der Waals surface area contributed by atoms with Crippen LogP contribution in [0.4, 0.5) is 4.39 Å². The third-order valence-corrected chi connectivity index (χ3v) is 3.18. The highest BCUT2D eigenvalue weighted by Gasteiger charge is 2.29. The van der Waals surface area contributed by atoms with Crippen LogP contribution in [0.15, 0.2) is 24.3 Å². The van der Waals surface area contributed by atoms with Gasteiger partial charge in [0.25, 0.3) is 0 Å². The molecule has 2 rings (SSSR count). The summed E-state index contributed by atoms with van der Waals surface area (Å²) in [5.74, 6) is -0.195. The molecule has 3 atom stereocenters. The third kappa shape index (κ3) is 2.42. The number of halogens is 1. The molecule has 0 aromatic heterocycles. The summed E-state index contributed by atoms with van der Waals surface area (Å²) in [5.41, 5.74) is 1.09. The van der Waals surface area contributed by atoms with E-state index < -0.39 is 0 Å². The van der Waals surface area contributed by atoms with E-state index in [2.05, 4.69) is 12.2 Å². The Hall–Kier alpha value is -0.930. The predicted molar refractivity (Wildman–Crippen MR) is 61.8 cm³/mol. The maximum Gasteiger partial charge on any atom is 0.123 e. The lowest BCUT2D eigenvalue weighted by atomic mass is 9.99. The summed E-state index contributed by atoms with van der Waals surface area (Å²) in [4.78, 5) is 0. The summed E-state index contributed by atoms with van der Waals surface area (Å²) in [7, 11) is 1.92. The molecule has 0 bridgehead atoms. The first-order valence-electron chi connectivity index (χ1n) is 5.79. The molecule has 16 heavy (non-hydrogen) atoms. The molecule has 1 aliphatic rings. The Labute approximate surface area is 95.8 Å². The van der Waals surface area contributed by atoms with Crippen LogP contribution in [0.1, 0.15) is 31.4 Å². The molecular weight excluding hydrogens is 205 g/mol. The van der Waals surface area contributed by atoms with Gasteiger partial charge in [0.1, 0.15) is 5.82 Å². The van der Waals surface area contributed by atoms with Gasteiger partial charge < -0.3 is 10.1 Å². The Morgan fingerprint density at radius 3 is 2.50 bits per heavy atom. The summed E-state index contributed by atoms with van der Waals surface area (Å²) < 4.78 is 18.7. The average molecular weight is 223 g/mol. The van der Waals surface area contributed by atoms with Crippen LogP contribution in [-0.4, -0.2) is 19.3 Å². The molecule has 1 saturated heterocycles. The van der Waals surface area contributed by atoms with E-state index in [-0.39, 0.29) is 18.0 Å². The van der Waals surface area contributed by atoms with Gasteiger partial charge >= 0.3 is 0 Å². The molecule has 0 aliphatic carbocycles. The minimum atomic E-state index is -0.195. The molecule has 0 amide bonds. The standard InChI is InChI=1S/C13H18FNO/c1-9-3-8-12(16-9)13(15-2)10-4-6-11(14)7-5-10/h4-7,9,12-13,15H,3,8H2,1-2H3. The highest BCUT2D eigenvalue weighted by Crippen LogP contribution is 2.29. The van der Waals surface area contributed by atoms with Crippen LogP contribution in [0.3, 0.4) is 0 Å². The van der Waals surface area contributed by atoms with Crippen LogP contribution in [0, 0.1) is 5.82 Å². The second kappa shape index (κ2) is 4.93. The smallest absolute Gasteiger partial charge is 0.123 e. The molecule has 0 saturated carbocycles. The van der Waals surface area contributed by atoms with E-state index in [9.17, 15) is 4.39 Å². The number of benzene rings is 1. The van der Waals surface area contributed by atoms with Crippen molar-refractivity contribution in [1.82, 2.24) is 5.32 Å². The third-order valence-electron chi connectivity index (χ3n) is 3.18. The summed E-state index contributed by atoms with van der Waals surface area (Å²) in [6.07, 6.45) is 2.69. The van der Waals surface area contributed by atoms with E-state index in [1.807, 2.05) is 19.2 Å². The minimum absolute atomic E-state index is 0.158. The highest BCUT2D eigenvalue weighted by atomic mass is 19.1. The molecule has 1 aromatic rings. The Bertz CT molecular complexity index is 338. The monoisotopic (exact) mass is 223 g/mol. The maximum absolute atomic E-state index is 12.8. The van der Waals surface area contributed by atoms with Crippen LogP contribution in [0.25, 0.3) is 0 Å².